The Labute approximate surface area is 96.7 Å². The zero-order valence-corrected chi connectivity index (χ0v) is 9.96. The molecule has 0 aromatic carbocycles. The number of ether oxygens (including phenoxy) is 1. The monoisotopic (exact) mass is 227 g/mol. The first-order valence-corrected chi connectivity index (χ1v) is 6.06. The zero-order chi connectivity index (χ0) is 11.8. The number of carbonyl (C=O) groups excluding carboxylic acids is 2. The molecular formula is C12H21NO3. The molecule has 0 saturated heterocycles. The van der Waals surface area contributed by atoms with Crippen LogP contribution in [0.4, 0.5) is 0 Å². The Kier molecular flexibility index (Phi) is 5.90. The summed E-state index contributed by atoms with van der Waals surface area (Å²) < 4.78 is 4.46. The molecule has 0 bridgehead atoms. The first-order chi connectivity index (χ1) is 7.72. The SMILES string of the molecule is COC(=O)CNC(=O)CC1CCCCCC1. The number of hydrogen-bond acceptors (Lipinski definition) is 3. The van der Waals surface area contributed by atoms with Crippen molar-refractivity contribution >= 4 is 11.9 Å². The zero-order valence-electron chi connectivity index (χ0n) is 9.96. The highest BCUT2D eigenvalue weighted by Gasteiger charge is 2.16. The van der Waals surface area contributed by atoms with Crippen molar-refractivity contribution in [3.05, 3.63) is 0 Å². The Morgan fingerprint density at radius 2 is 1.81 bits per heavy atom. The number of methoxy groups -OCH3 is 1. The summed E-state index contributed by atoms with van der Waals surface area (Å²) in [6.45, 7) is -0.0119. The normalized spacial score (nSPS) is 17.6. The van der Waals surface area contributed by atoms with E-state index in [1.54, 1.807) is 0 Å². The molecule has 0 radical (unpaired) electrons. The summed E-state index contributed by atoms with van der Waals surface area (Å²) in [6, 6.07) is 0. The predicted molar refractivity (Wildman–Crippen MR) is 60.8 cm³/mol. The molecule has 1 amide bonds. The first kappa shape index (κ1) is 13.0. The second-order valence-electron chi connectivity index (χ2n) is 4.41. The molecular weight excluding hydrogens is 206 g/mol. The van der Waals surface area contributed by atoms with Gasteiger partial charge in [-0.15, -0.1) is 0 Å². The van der Waals surface area contributed by atoms with Crippen LogP contribution < -0.4 is 5.32 Å². The maximum Gasteiger partial charge on any atom is 0.325 e. The summed E-state index contributed by atoms with van der Waals surface area (Å²) in [5, 5.41) is 2.59. The van der Waals surface area contributed by atoms with Gasteiger partial charge in [0.15, 0.2) is 0 Å². The van der Waals surface area contributed by atoms with Gasteiger partial charge >= 0.3 is 5.97 Å². The summed E-state index contributed by atoms with van der Waals surface area (Å²) in [5.41, 5.74) is 0. The van der Waals surface area contributed by atoms with Gasteiger partial charge in [0.2, 0.25) is 5.91 Å². The van der Waals surface area contributed by atoms with Crippen molar-refractivity contribution in [2.75, 3.05) is 13.7 Å². The molecule has 0 atom stereocenters. The smallest absolute Gasteiger partial charge is 0.325 e. The van der Waals surface area contributed by atoms with Crippen LogP contribution in [0.25, 0.3) is 0 Å². The fraction of sp³-hybridized carbons (Fsp3) is 0.833. The van der Waals surface area contributed by atoms with Gasteiger partial charge in [-0.25, -0.2) is 0 Å². The van der Waals surface area contributed by atoms with Crippen LogP contribution >= 0.6 is 0 Å². The number of esters is 1. The number of amides is 1. The molecule has 1 rings (SSSR count). The van der Waals surface area contributed by atoms with E-state index < -0.39 is 5.97 Å². The highest BCUT2D eigenvalue weighted by atomic mass is 16.5. The predicted octanol–water partition coefficient (Wildman–Crippen LogP) is 1.64. The minimum atomic E-state index is -0.394. The molecule has 1 aliphatic carbocycles. The fourth-order valence-corrected chi connectivity index (χ4v) is 2.15. The van der Waals surface area contributed by atoms with Crippen molar-refractivity contribution in [3.8, 4) is 0 Å². The second-order valence-corrected chi connectivity index (χ2v) is 4.41. The van der Waals surface area contributed by atoms with E-state index in [9.17, 15) is 9.59 Å². The first-order valence-electron chi connectivity index (χ1n) is 6.06. The number of carbonyl (C=O) groups is 2. The molecule has 1 saturated carbocycles. The van der Waals surface area contributed by atoms with Crippen LogP contribution in [0.2, 0.25) is 0 Å². The molecule has 4 heteroatoms. The van der Waals surface area contributed by atoms with E-state index in [-0.39, 0.29) is 12.5 Å². The van der Waals surface area contributed by atoms with Crippen LogP contribution in [0.15, 0.2) is 0 Å². The Balaban J connectivity index is 2.19. The molecule has 16 heavy (non-hydrogen) atoms. The molecule has 0 aromatic rings. The average Bonchev–Trinajstić information content (AvgIpc) is 2.54. The molecule has 1 aliphatic rings. The summed E-state index contributed by atoms with van der Waals surface area (Å²) in [6.07, 6.45) is 7.89. The number of hydrogen-bond donors (Lipinski definition) is 1. The van der Waals surface area contributed by atoms with E-state index in [0.29, 0.717) is 12.3 Å². The Morgan fingerprint density at radius 3 is 2.38 bits per heavy atom. The minimum absolute atomic E-state index is 0.0119. The van der Waals surface area contributed by atoms with E-state index in [2.05, 4.69) is 10.1 Å². The maximum atomic E-state index is 11.5. The van der Waals surface area contributed by atoms with E-state index in [1.807, 2.05) is 0 Å². The Hall–Kier alpha value is -1.06. The lowest BCUT2D eigenvalue weighted by molar-refractivity contribution is -0.141. The summed E-state index contributed by atoms with van der Waals surface area (Å²) in [7, 11) is 1.32. The van der Waals surface area contributed by atoms with Gasteiger partial charge in [-0.1, -0.05) is 25.7 Å². The van der Waals surface area contributed by atoms with Crippen molar-refractivity contribution in [2.24, 2.45) is 5.92 Å². The molecule has 0 unspecified atom stereocenters. The van der Waals surface area contributed by atoms with Gasteiger partial charge in [0.25, 0.3) is 0 Å². The highest BCUT2D eigenvalue weighted by molar-refractivity contribution is 5.81. The Bertz CT molecular complexity index is 232. The molecule has 4 nitrogen and oxygen atoms in total. The van der Waals surface area contributed by atoms with Crippen LogP contribution in [-0.4, -0.2) is 25.5 Å². The molecule has 0 aliphatic heterocycles. The van der Waals surface area contributed by atoms with Gasteiger partial charge in [-0.2, -0.15) is 0 Å². The van der Waals surface area contributed by atoms with Gasteiger partial charge in [-0.05, 0) is 18.8 Å². The van der Waals surface area contributed by atoms with Crippen molar-refractivity contribution in [1.82, 2.24) is 5.32 Å². The van der Waals surface area contributed by atoms with E-state index in [0.717, 1.165) is 12.8 Å². The van der Waals surface area contributed by atoms with Crippen molar-refractivity contribution in [1.29, 1.82) is 0 Å². The Morgan fingerprint density at radius 1 is 1.19 bits per heavy atom. The van der Waals surface area contributed by atoms with E-state index >= 15 is 0 Å². The van der Waals surface area contributed by atoms with Crippen LogP contribution in [0, 0.1) is 5.92 Å². The van der Waals surface area contributed by atoms with Gasteiger partial charge in [0.1, 0.15) is 6.54 Å². The van der Waals surface area contributed by atoms with E-state index in [1.165, 1.54) is 32.8 Å². The third-order valence-electron chi connectivity index (χ3n) is 3.11. The fourth-order valence-electron chi connectivity index (χ4n) is 2.15. The molecule has 0 aromatic heterocycles. The summed E-state index contributed by atoms with van der Waals surface area (Å²) in [5.74, 6) is 0.0756. The van der Waals surface area contributed by atoms with Crippen LogP contribution in [0.5, 0.6) is 0 Å². The standard InChI is InChI=1S/C12H21NO3/c1-16-12(15)9-13-11(14)8-10-6-4-2-3-5-7-10/h10H,2-9H2,1H3,(H,13,14). The molecule has 1 N–H and O–H groups in total. The summed E-state index contributed by atoms with van der Waals surface area (Å²) >= 11 is 0. The van der Waals surface area contributed by atoms with Gasteiger partial charge in [-0.3, -0.25) is 9.59 Å². The third kappa shape index (κ3) is 5.14. The van der Waals surface area contributed by atoms with Gasteiger partial charge < -0.3 is 10.1 Å². The minimum Gasteiger partial charge on any atom is -0.468 e. The number of nitrogens with one attached hydrogen (secondary N) is 1. The highest BCUT2D eigenvalue weighted by Crippen LogP contribution is 2.25. The largest absolute Gasteiger partial charge is 0.468 e. The topological polar surface area (TPSA) is 55.4 Å². The summed E-state index contributed by atoms with van der Waals surface area (Å²) in [4.78, 5) is 22.4. The van der Waals surface area contributed by atoms with Crippen molar-refractivity contribution < 1.29 is 14.3 Å². The molecule has 0 spiro atoms. The molecule has 1 fully saturated rings. The van der Waals surface area contributed by atoms with Crippen molar-refractivity contribution in [2.45, 2.75) is 44.9 Å². The lowest BCUT2D eigenvalue weighted by atomic mass is 9.96. The molecule has 0 heterocycles. The lowest BCUT2D eigenvalue weighted by Crippen LogP contribution is -2.31. The maximum absolute atomic E-state index is 11.5. The second kappa shape index (κ2) is 7.25. The number of rotatable bonds is 4. The van der Waals surface area contributed by atoms with Crippen LogP contribution in [-0.2, 0) is 14.3 Å². The van der Waals surface area contributed by atoms with Crippen LogP contribution in [0.1, 0.15) is 44.9 Å². The quantitative estimate of drug-likeness (QED) is 0.586. The van der Waals surface area contributed by atoms with Crippen molar-refractivity contribution in [3.63, 3.8) is 0 Å². The van der Waals surface area contributed by atoms with E-state index in [4.69, 9.17) is 0 Å². The lowest BCUT2D eigenvalue weighted by Gasteiger charge is -2.13. The third-order valence-corrected chi connectivity index (χ3v) is 3.11. The van der Waals surface area contributed by atoms with Gasteiger partial charge in [0, 0.05) is 6.42 Å². The van der Waals surface area contributed by atoms with Gasteiger partial charge in [0.05, 0.1) is 7.11 Å². The average molecular weight is 227 g/mol. The molecule has 92 valence electrons. The van der Waals surface area contributed by atoms with Crippen LogP contribution in [0.3, 0.4) is 0 Å².